The number of ether oxygens (including phenoxy) is 2. The summed E-state index contributed by atoms with van der Waals surface area (Å²) in [4.78, 5) is 10.5. The summed E-state index contributed by atoms with van der Waals surface area (Å²) in [5.41, 5.74) is 0.461. The number of methoxy groups -OCH3 is 1. The van der Waals surface area contributed by atoms with E-state index in [1.807, 2.05) is 6.92 Å². The third kappa shape index (κ3) is 5.78. The topological polar surface area (TPSA) is 38.8 Å². The fourth-order valence-corrected chi connectivity index (χ4v) is 0.724. The molecular weight excluding hydrogens is 204 g/mol. The van der Waals surface area contributed by atoms with Gasteiger partial charge in [0, 0.05) is 5.57 Å². The molecule has 0 spiro atoms. The van der Waals surface area contributed by atoms with Gasteiger partial charge in [0.15, 0.2) is 5.56 Å². The number of esters is 1. The molecule has 0 aromatic carbocycles. The highest BCUT2D eigenvalue weighted by Crippen LogP contribution is 2.23. The van der Waals surface area contributed by atoms with Gasteiger partial charge in [0.05, 0.1) is 13.2 Å². The maximum Gasteiger partial charge on any atom is 0.333 e. The van der Waals surface area contributed by atoms with Gasteiger partial charge in [-0.15, -0.1) is 6.58 Å². The van der Waals surface area contributed by atoms with Gasteiger partial charge in [0.1, 0.15) is 0 Å². The van der Waals surface area contributed by atoms with E-state index >= 15 is 0 Å². The van der Waals surface area contributed by atoms with Crippen molar-refractivity contribution < 1.29 is 14.3 Å². The van der Waals surface area contributed by atoms with Crippen molar-refractivity contribution in [2.45, 2.75) is 25.0 Å². The molecule has 80 valence electrons. The first-order valence-corrected chi connectivity index (χ1v) is 4.63. The molecule has 0 saturated carbocycles. The largest absolute Gasteiger partial charge is 0.466 e. The van der Waals surface area contributed by atoms with Crippen molar-refractivity contribution in [3.05, 3.63) is 24.8 Å². The summed E-state index contributed by atoms with van der Waals surface area (Å²) in [6.45, 7) is 8.86. The Balaban J connectivity index is 0.000000280. The molecule has 0 amide bonds. The van der Waals surface area contributed by atoms with Crippen LogP contribution in [0.25, 0.3) is 0 Å². The summed E-state index contributed by atoms with van der Waals surface area (Å²) in [6.07, 6.45) is 2.42. The number of halogens is 1. The highest BCUT2D eigenvalue weighted by Gasteiger charge is 2.30. The van der Waals surface area contributed by atoms with E-state index in [0.29, 0.717) is 18.1 Å². The third-order valence-electron chi connectivity index (χ3n) is 1.50. The van der Waals surface area contributed by atoms with Crippen LogP contribution < -0.4 is 0 Å². The maximum atomic E-state index is 10.5. The lowest BCUT2D eigenvalue weighted by Gasteiger charge is -1.96. The van der Waals surface area contributed by atoms with Crippen LogP contribution in [0.2, 0.25) is 0 Å². The zero-order chi connectivity index (χ0) is 11.1. The van der Waals surface area contributed by atoms with E-state index in [4.69, 9.17) is 11.6 Å². The van der Waals surface area contributed by atoms with Gasteiger partial charge >= 0.3 is 5.97 Å². The SMILES string of the molecule is C=CCC(=C)C(=O)OC.CC1OC1Cl. The Bertz CT molecular complexity index is 219. The van der Waals surface area contributed by atoms with Crippen molar-refractivity contribution in [2.24, 2.45) is 0 Å². The lowest BCUT2D eigenvalue weighted by atomic mass is 10.2. The summed E-state index contributed by atoms with van der Waals surface area (Å²) >= 11 is 5.31. The molecule has 0 radical (unpaired) electrons. The summed E-state index contributed by atoms with van der Waals surface area (Å²) in [7, 11) is 1.33. The van der Waals surface area contributed by atoms with E-state index in [0.717, 1.165) is 0 Å². The van der Waals surface area contributed by atoms with E-state index in [1.165, 1.54) is 7.11 Å². The van der Waals surface area contributed by atoms with Crippen molar-refractivity contribution in [1.29, 1.82) is 0 Å². The van der Waals surface area contributed by atoms with E-state index in [9.17, 15) is 4.79 Å². The molecule has 4 heteroatoms. The normalized spacial score (nSPS) is 22.8. The van der Waals surface area contributed by atoms with Gasteiger partial charge in [-0.2, -0.15) is 0 Å². The van der Waals surface area contributed by atoms with Gasteiger partial charge in [-0.05, 0) is 13.3 Å². The van der Waals surface area contributed by atoms with Crippen LogP contribution in [0.1, 0.15) is 13.3 Å². The van der Waals surface area contributed by atoms with Crippen LogP contribution in [0, 0.1) is 0 Å². The molecule has 1 rings (SSSR count). The first kappa shape index (κ1) is 13.2. The van der Waals surface area contributed by atoms with Gasteiger partial charge in [0.25, 0.3) is 0 Å². The molecule has 1 fully saturated rings. The second-order valence-corrected chi connectivity index (χ2v) is 3.21. The zero-order valence-corrected chi connectivity index (χ0v) is 9.21. The Labute approximate surface area is 89.3 Å². The molecule has 0 aliphatic carbocycles. The number of rotatable bonds is 3. The van der Waals surface area contributed by atoms with Crippen LogP contribution in [-0.2, 0) is 14.3 Å². The fraction of sp³-hybridized carbons (Fsp3) is 0.500. The quantitative estimate of drug-likeness (QED) is 0.240. The number of carbonyl (C=O) groups excluding carboxylic acids is 1. The molecule has 1 aliphatic heterocycles. The standard InChI is InChI=1S/C7H10O2.C3H5ClO/c1-4-5-6(2)7(8)9-3;1-2-3(4)5-2/h4H,1-2,5H2,3H3;2-3H,1H3. The number of epoxide rings is 1. The van der Waals surface area contributed by atoms with Crippen LogP contribution in [-0.4, -0.2) is 24.7 Å². The number of allylic oxidation sites excluding steroid dienone is 1. The van der Waals surface area contributed by atoms with E-state index in [2.05, 4.69) is 22.6 Å². The predicted octanol–water partition coefficient (Wildman–Crippen LogP) is 2.26. The van der Waals surface area contributed by atoms with Crippen molar-refractivity contribution in [1.82, 2.24) is 0 Å². The van der Waals surface area contributed by atoms with Crippen LogP contribution in [0.15, 0.2) is 24.8 Å². The Morgan fingerprint density at radius 1 is 1.71 bits per heavy atom. The molecule has 0 aromatic heterocycles. The van der Waals surface area contributed by atoms with Crippen molar-refractivity contribution in [3.8, 4) is 0 Å². The minimum Gasteiger partial charge on any atom is -0.466 e. The molecule has 0 aromatic rings. The van der Waals surface area contributed by atoms with Crippen LogP contribution in [0.5, 0.6) is 0 Å². The molecule has 14 heavy (non-hydrogen) atoms. The number of hydrogen-bond donors (Lipinski definition) is 0. The van der Waals surface area contributed by atoms with Gasteiger partial charge in [-0.3, -0.25) is 0 Å². The van der Waals surface area contributed by atoms with E-state index < -0.39 is 0 Å². The van der Waals surface area contributed by atoms with Crippen LogP contribution in [0.4, 0.5) is 0 Å². The first-order valence-electron chi connectivity index (χ1n) is 4.19. The Hall–Kier alpha value is -0.800. The monoisotopic (exact) mass is 218 g/mol. The van der Waals surface area contributed by atoms with E-state index in [-0.39, 0.29) is 11.5 Å². The number of carbonyl (C=O) groups is 1. The second kappa shape index (κ2) is 6.62. The van der Waals surface area contributed by atoms with Gasteiger partial charge in [0.2, 0.25) is 0 Å². The van der Waals surface area contributed by atoms with Gasteiger partial charge in [-0.1, -0.05) is 24.3 Å². The average molecular weight is 219 g/mol. The number of hydrogen-bond acceptors (Lipinski definition) is 3. The Kier molecular flexibility index (Phi) is 6.25. The molecule has 2 atom stereocenters. The molecule has 1 saturated heterocycles. The highest BCUT2D eigenvalue weighted by molar-refractivity contribution is 6.21. The summed E-state index contributed by atoms with van der Waals surface area (Å²) in [5, 5.41) is 0. The second-order valence-electron chi connectivity index (χ2n) is 2.78. The minimum atomic E-state index is -0.366. The fourth-order valence-electron chi connectivity index (χ4n) is 0.562. The van der Waals surface area contributed by atoms with E-state index in [1.54, 1.807) is 6.08 Å². The maximum absolute atomic E-state index is 10.5. The van der Waals surface area contributed by atoms with Crippen molar-refractivity contribution in [2.75, 3.05) is 7.11 Å². The molecule has 0 N–H and O–H groups in total. The summed E-state index contributed by atoms with van der Waals surface area (Å²) < 4.78 is 9.06. The lowest BCUT2D eigenvalue weighted by molar-refractivity contribution is -0.136. The average Bonchev–Trinajstić information content (AvgIpc) is 2.80. The molecule has 1 heterocycles. The van der Waals surface area contributed by atoms with Crippen molar-refractivity contribution >= 4 is 17.6 Å². The Morgan fingerprint density at radius 3 is 2.36 bits per heavy atom. The molecule has 3 nitrogen and oxygen atoms in total. The lowest BCUT2D eigenvalue weighted by Crippen LogP contribution is -2.01. The molecule has 2 unspecified atom stereocenters. The Morgan fingerprint density at radius 2 is 2.14 bits per heavy atom. The third-order valence-corrected chi connectivity index (χ3v) is 1.96. The highest BCUT2D eigenvalue weighted by atomic mass is 35.5. The van der Waals surface area contributed by atoms with Gasteiger partial charge < -0.3 is 9.47 Å². The summed E-state index contributed by atoms with van der Waals surface area (Å²) in [5.74, 6) is -0.366. The molecule has 1 aliphatic rings. The predicted molar refractivity (Wildman–Crippen MR) is 56.2 cm³/mol. The summed E-state index contributed by atoms with van der Waals surface area (Å²) in [6, 6.07) is 0. The smallest absolute Gasteiger partial charge is 0.333 e. The van der Waals surface area contributed by atoms with Crippen LogP contribution >= 0.6 is 11.6 Å². The van der Waals surface area contributed by atoms with Crippen molar-refractivity contribution in [3.63, 3.8) is 0 Å². The minimum absolute atomic E-state index is 0.0231. The molecular formula is C10H15ClO3. The first-order chi connectivity index (χ1) is 6.52. The van der Waals surface area contributed by atoms with Gasteiger partial charge in [-0.25, -0.2) is 4.79 Å². The van der Waals surface area contributed by atoms with Crippen LogP contribution in [0.3, 0.4) is 0 Å². The zero-order valence-electron chi connectivity index (χ0n) is 8.46. The number of alkyl halides is 1. The molecule has 0 bridgehead atoms.